The van der Waals surface area contributed by atoms with Crippen LogP contribution in [0.25, 0.3) is 0 Å². The van der Waals surface area contributed by atoms with E-state index in [0.29, 0.717) is 6.54 Å². The maximum atomic E-state index is 5.40. The summed E-state index contributed by atoms with van der Waals surface area (Å²) in [5, 5.41) is 8.98. The van der Waals surface area contributed by atoms with E-state index in [4.69, 9.17) is 9.73 Å². The topological polar surface area (TPSA) is 48.9 Å². The van der Waals surface area contributed by atoms with Crippen molar-refractivity contribution in [3.05, 3.63) is 51.7 Å². The van der Waals surface area contributed by atoms with Crippen molar-refractivity contribution >= 4 is 17.3 Å². The lowest BCUT2D eigenvalue weighted by molar-refractivity contribution is 0.260. The van der Waals surface area contributed by atoms with E-state index in [1.165, 1.54) is 12.0 Å². The Morgan fingerprint density at radius 3 is 3.00 bits per heavy atom. The third-order valence-corrected chi connectivity index (χ3v) is 5.57. The Bertz CT molecular complexity index is 728. The fraction of sp³-hybridized carbons (Fsp3) is 0.450. The average Bonchev–Trinajstić information content (AvgIpc) is 3.14. The fourth-order valence-electron chi connectivity index (χ4n) is 3.17. The van der Waals surface area contributed by atoms with Gasteiger partial charge in [-0.15, -0.1) is 11.3 Å². The molecule has 1 aromatic heterocycles. The molecule has 1 aliphatic rings. The van der Waals surface area contributed by atoms with E-state index >= 15 is 0 Å². The van der Waals surface area contributed by atoms with E-state index in [0.717, 1.165) is 50.0 Å². The minimum Gasteiger partial charge on any atom is -0.496 e. The minimum atomic E-state index is 0.599. The van der Waals surface area contributed by atoms with Gasteiger partial charge >= 0.3 is 0 Å². The minimum absolute atomic E-state index is 0.599. The average molecular weight is 373 g/mol. The normalized spacial score (nSPS) is 14.8. The van der Waals surface area contributed by atoms with E-state index < -0.39 is 0 Å². The molecule has 2 aromatic rings. The third-order valence-electron chi connectivity index (χ3n) is 4.55. The zero-order valence-corrected chi connectivity index (χ0v) is 16.4. The molecular formula is C20H28N4OS. The zero-order chi connectivity index (χ0) is 18.2. The molecule has 140 valence electrons. The molecule has 0 amide bonds. The summed E-state index contributed by atoms with van der Waals surface area (Å²) >= 11 is 1.89. The second kappa shape index (κ2) is 9.59. The molecule has 0 unspecified atom stereocenters. The molecule has 0 saturated heterocycles. The van der Waals surface area contributed by atoms with E-state index in [-0.39, 0.29) is 0 Å². The molecule has 0 bridgehead atoms. The number of hydrogen-bond donors (Lipinski definition) is 2. The number of nitrogens with zero attached hydrogens (tertiary/aromatic N) is 2. The summed E-state index contributed by atoms with van der Waals surface area (Å²) in [5.41, 5.74) is 2.59. The summed E-state index contributed by atoms with van der Waals surface area (Å²) < 4.78 is 5.40. The van der Waals surface area contributed by atoms with Gasteiger partial charge in [0.1, 0.15) is 5.75 Å². The number of ether oxygens (including phenoxy) is 1. The lowest BCUT2D eigenvalue weighted by Gasteiger charge is -2.27. The molecule has 2 N–H and O–H groups in total. The highest BCUT2D eigenvalue weighted by Gasteiger charge is 2.16. The van der Waals surface area contributed by atoms with Crippen LogP contribution in [0.2, 0.25) is 0 Å². The molecular weight excluding hydrogens is 344 g/mol. The largest absolute Gasteiger partial charge is 0.496 e. The molecule has 26 heavy (non-hydrogen) atoms. The smallest absolute Gasteiger partial charge is 0.191 e. The second-order valence-electron chi connectivity index (χ2n) is 6.33. The summed E-state index contributed by atoms with van der Waals surface area (Å²) in [6, 6.07) is 10.3. The van der Waals surface area contributed by atoms with E-state index in [2.05, 4.69) is 40.0 Å². The van der Waals surface area contributed by atoms with Crippen LogP contribution in [0.3, 0.4) is 0 Å². The van der Waals surface area contributed by atoms with Crippen LogP contribution >= 0.6 is 11.3 Å². The Balaban J connectivity index is 1.50. The Morgan fingerprint density at radius 2 is 2.15 bits per heavy atom. The second-order valence-corrected chi connectivity index (χ2v) is 7.33. The summed E-state index contributed by atoms with van der Waals surface area (Å²) in [6.07, 6.45) is 1.18. The molecule has 1 aromatic carbocycles. The van der Waals surface area contributed by atoms with Crippen molar-refractivity contribution in [1.82, 2.24) is 15.5 Å². The van der Waals surface area contributed by atoms with Crippen LogP contribution < -0.4 is 15.4 Å². The molecule has 0 radical (unpaired) electrons. The van der Waals surface area contributed by atoms with Crippen molar-refractivity contribution in [1.29, 1.82) is 0 Å². The van der Waals surface area contributed by atoms with Gasteiger partial charge in [0.25, 0.3) is 0 Å². The highest BCUT2D eigenvalue weighted by Crippen LogP contribution is 2.23. The number of fused-ring (bicyclic) bond motifs is 1. The molecule has 6 heteroatoms. The van der Waals surface area contributed by atoms with Crippen LogP contribution in [0.4, 0.5) is 0 Å². The Morgan fingerprint density at radius 1 is 1.27 bits per heavy atom. The Hall–Kier alpha value is -2.05. The highest BCUT2D eigenvalue weighted by molar-refractivity contribution is 7.10. The van der Waals surface area contributed by atoms with Gasteiger partial charge in [-0.25, -0.2) is 4.99 Å². The quantitative estimate of drug-likeness (QED) is 0.580. The summed E-state index contributed by atoms with van der Waals surface area (Å²) in [7, 11) is 1.70. The first-order chi connectivity index (χ1) is 12.8. The number of hydrogen-bond acceptors (Lipinski definition) is 4. The van der Waals surface area contributed by atoms with Crippen molar-refractivity contribution in [2.45, 2.75) is 26.4 Å². The van der Waals surface area contributed by atoms with Crippen LogP contribution in [0, 0.1) is 0 Å². The van der Waals surface area contributed by atoms with Crippen LogP contribution in [-0.4, -0.2) is 44.1 Å². The number of rotatable bonds is 7. The van der Waals surface area contributed by atoms with Crippen molar-refractivity contribution in [2.75, 3.05) is 33.3 Å². The maximum Gasteiger partial charge on any atom is 0.191 e. The number of aliphatic imine (C=N–C) groups is 1. The van der Waals surface area contributed by atoms with Crippen LogP contribution in [0.5, 0.6) is 5.75 Å². The van der Waals surface area contributed by atoms with E-state index in [1.807, 2.05) is 29.5 Å². The van der Waals surface area contributed by atoms with Crippen molar-refractivity contribution in [3.63, 3.8) is 0 Å². The van der Waals surface area contributed by atoms with Crippen LogP contribution in [0.15, 0.2) is 40.7 Å². The number of guanidine groups is 1. The zero-order valence-electron chi connectivity index (χ0n) is 15.6. The van der Waals surface area contributed by atoms with Gasteiger partial charge in [-0.3, -0.25) is 4.90 Å². The van der Waals surface area contributed by atoms with Crippen LogP contribution in [-0.2, 0) is 19.5 Å². The molecule has 5 nitrogen and oxygen atoms in total. The van der Waals surface area contributed by atoms with Gasteiger partial charge in [0, 0.05) is 43.2 Å². The first-order valence-electron chi connectivity index (χ1n) is 9.21. The van der Waals surface area contributed by atoms with Crippen molar-refractivity contribution in [2.24, 2.45) is 4.99 Å². The van der Waals surface area contributed by atoms with Crippen molar-refractivity contribution in [3.8, 4) is 5.75 Å². The van der Waals surface area contributed by atoms with Crippen molar-refractivity contribution < 1.29 is 4.74 Å². The number of nitrogens with one attached hydrogen (secondary N) is 2. The number of thiophene rings is 1. The highest BCUT2D eigenvalue weighted by atomic mass is 32.1. The molecule has 1 aliphatic heterocycles. The monoisotopic (exact) mass is 372 g/mol. The molecule has 0 atom stereocenters. The lowest BCUT2D eigenvalue weighted by atomic mass is 10.1. The number of benzene rings is 1. The van der Waals surface area contributed by atoms with E-state index in [9.17, 15) is 0 Å². The van der Waals surface area contributed by atoms with Gasteiger partial charge in [-0.2, -0.15) is 0 Å². The van der Waals surface area contributed by atoms with Crippen LogP contribution in [0.1, 0.15) is 22.9 Å². The summed E-state index contributed by atoms with van der Waals surface area (Å²) in [4.78, 5) is 8.76. The molecule has 0 aliphatic carbocycles. The van der Waals surface area contributed by atoms with Gasteiger partial charge < -0.3 is 15.4 Å². The third kappa shape index (κ3) is 4.99. The number of para-hydroxylation sites is 1. The Labute approximate surface area is 160 Å². The lowest BCUT2D eigenvalue weighted by Crippen LogP contribution is -2.42. The first-order valence-corrected chi connectivity index (χ1v) is 10.1. The predicted molar refractivity (Wildman–Crippen MR) is 109 cm³/mol. The summed E-state index contributed by atoms with van der Waals surface area (Å²) in [5.74, 6) is 1.73. The molecule has 0 spiro atoms. The maximum absolute atomic E-state index is 5.40. The van der Waals surface area contributed by atoms with Gasteiger partial charge in [-0.1, -0.05) is 18.2 Å². The van der Waals surface area contributed by atoms with Gasteiger partial charge in [0.2, 0.25) is 0 Å². The molecule has 3 rings (SSSR count). The Kier molecular flexibility index (Phi) is 6.91. The molecule has 0 saturated carbocycles. The molecule has 0 fully saturated rings. The molecule has 2 heterocycles. The van der Waals surface area contributed by atoms with Gasteiger partial charge in [0.05, 0.1) is 13.7 Å². The standard InChI is InChI=1S/C20H28N4OS/c1-3-21-20(23-14-16-6-4-5-7-18(16)25-2)22-10-12-24-11-8-19-17(15-24)9-13-26-19/h4-7,9,13H,3,8,10-12,14-15H2,1-2H3,(H2,21,22,23). The van der Waals surface area contributed by atoms with Gasteiger partial charge in [0.15, 0.2) is 5.96 Å². The summed E-state index contributed by atoms with van der Waals surface area (Å²) in [6.45, 7) is 7.65. The number of methoxy groups -OCH3 is 1. The van der Waals surface area contributed by atoms with Gasteiger partial charge in [-0.05, 0) is 36.4 Å². The SMILES string of the molecule is CCNC(=NCc1ccccc1OC)NCCN1CCc2sccc2C1. The fourth-order valence-corrected chi connectivity index (χ4v) is 4.06. The first kappa shape index (κ1) is 18.7. The predicted octanol–water partition coefficient (Wildman–Crippen LogP) is 2.87. The van der Waals surface area contributed by atoms with E-state index in [1.54, 1.807) is 12.0 Å².